The van der Waals surface area contributed by atoms with Gasteiger partial charge in [-0.1, -0.05) is 32.9 Å². The topological polar surface area (TPSA) is 82.8 Å². The van der Waals surface area contributed by atoms with Gasteiger partial charge in [-0.2, -0.15) is 0 Å². The van der Waals surface area contributed by atoms with E-state index in [-0.39, 0.29) is 17.9 Å². The summed E-state index contributed by atoms with van der Waals surface area (Å²) in [4.78, 5) is 18.6. The third-order valence-corrected chi connectivity index (χ3v) is 4.24. The zero-order valence-electron chi connectivity index (χ0n) is 16.0. The molecule has 0 aromatic carbocycles. The van der Waals surface area contributed by atoms with E-state index in [0.29, 0.717) is 12.5 Å². The first-order valence-electron chi connectivity index (χ1n) is 9.19. The van der Waals surface area contributed by atoms with Gasteiger partial charge < -0.3 is 20.1 Å². The maximum Gasteiger partial charge on any atom is 0.225 e. The van der Waals surface area contributed by atoms with Gasteiger partial charge in [0.15, 0.2) is 11.7 Å². The van der Waals surface area contributed by atoms with Gasteiger partial charge in [0.2, 0.25) is 5.91 Å². The normalized spacial score (nSPS) is 18.3. The van der Waals surface area contributed by atoms with Crippen molar-refractivity contribution in [1.82, 2.24) is 20.7 Å². The van der Waals surface area contributed by atoms with E-state index in [1.165, 1.54) is 0 Å². The summed E-state index contributed by atoms with van der Waals surface area (Å²) < 4.78 is 5.33. The van der Waals surface area contributed by atoms with Crippen molar-refractivity contribution in [2.24, 2.45) is 10.9 Å². The van der Waals surface area contributed by atoms with E-state index in [1.807, 2.05) is 31.7 Å². The standard InChI is InChI=1S/C18H31N5O2/c1-6-19-18(20-10-15-9-16(12(2)3)22-25-15)21-14-7-8-23(11-14)17(24)13(4)5/h9,12-14H,6-8,10-11H2,1-5H3,(H2,19,20,21). The average molecular weight is 349 g/mol. The minimum atomic E-state index is 0.0438. The Bertz CT molecular complexity index is 594. The molecular formula is C18H31N5O2. The molecule has 1 aliphatic heterocycles. The fourth-order valence-electron chi connectivity index (χ4n) is 2.79. The van der Waals surface area contributed by atoms with Crippen LogP contribution in [0.15, 0.2) is 15.6 Å². The van der Waals surface area contributed by atoms with Gasteiger partial charge in [-0.25, -0.2) is 4.99 Å². The first kappa shape index (κ1) is 19.3. The number of amides is 1. The van der Waals surface area contributed by atoms with Gasteiger partial charge in [0.05, 0.1) is 5.69 Å². The van der Waals surface area contributed by atoms with Crippen molar-refractivity contribution >= 4 is 11.9 Å². The highest BCUT2D eigenvalue weighted by Gasteiger charge is 2.27. The summed E-state index contributed by atoms with van der Waals surface area (Å²) in [6.07, 6.45) is 0.933. The van der Waals surface area contributed by atoms with Crippen LogP contribution in [0.1, 0.15) is 58.4 Å². The molecule has 25 heavy (non-hydrogen) atoms. The Morgan fingerprint density at radius 3 is 2.80 bits per heavy atom. The Hall–Kier alpha value is -2.05. The third-order valence-electron chi connectivity index (χ3n) is 4.24. The predicted molar refractivity (Wildman–Crippen MR) is 98.4 cm³/mol. The number of likely N-dealkylation sites (tertiary alicyclic amines) is 1. The molecule has 1 saturated heterocycles. The lowest BCUT2D eigenvalue weighted by molar-refractivity contribution is -0.133. The molecule has 2 rings (SSSR count). The van der Waals surface area contributed by atoms with E-state index in [9.17, 15) is 4.79 Å². The van der Waals surface area contributed by atoms with Gasteiger partial charge in [0, 0.05) is 37.7 Å². The molecule has 7 nitrogen and oxygen atoms in total. The number of nitrogens with zero attached hydrogens (tertiary/aromatic N) is 3. The summed E-state index contributed by atoms with van der Waals surface area (Å²) in [5, 5.41) is 10.7. The van der Waals surface area contributed by atoms with Crippen LogP contribution in [0.5, 0.6) is 0 Å². The van der Waals surface area contributed by atoms with Crippen LogP contribution >= 0.6 is 0 Å². The summed E-state index contributed by atoms with van der Waals surface area (Å²) in [5.74, 6) is 2.10. The predicted octanol–water partition coefficient (Wildman–Crippen LogP) is 2.11. The van der Waals surface area contributed by atoms with Crippen LogP contribution in [0.2, 0.25) is 0 Å². The van der Waals surface area contributed by atoms with Gasteiger partial charge in [-0.15, -0.1) is 0 Å². The molecule has 1 atom stereocenters. The lowest BCUT2D eigenvalue weighted by Crippen LogP contribution is -2.45. The maximum absolute atomic E-state index is 12.1. The van der Waals surface area contributed by atoms with Crippen LogP contribution in [-0.2, 0) is 11.3 Å². The largest absolute Gasteiger partial charge is 0.359 e. The van der Waals surface area contributed by atoms with Crippen molar-refractivity contribution in [3.8, 4) is 0 Å². The monoisotopic (exact) mass is 349 g/mol. The Morgan fingerprint density at radius 2 is 2.20 bits per heavy atom. The summed E-state index contributed by atoms with van der Waals surface area (Å²) in [7, 11) is 0. The van der Waals surface area contributed by atoms with Crippen molar-refractivity contribution < 1.29 is 9.32 Å². The van der Waals surface area contributed by atoms with Crippen LogP contribution < -0.4 is 10.6 Å². The summed E-state index contributed by atoms with van der Waals surface area (Å²) in [6.45, 7) is 12.8. The SMILES string of the molecule is CCNC(=NCc1cc(C(C)C)no1)NC1CCN(C(=O)C(C)C)C1. The summed E-state index contributed by atoms with van der Waals surface area (Å²) in [5.41, 5.74) is 0.946. The van der Waals surface area contributed by atoms with Crippen LogP contribution in [0.25, 0.3) is 0 Å². The maximum atomic E-state index is 12.1. The molecule has 1 aromatic heterocycles. The Kier molecular flexibility index (Phi) is 6.84. The van der Waals surface area contributed by atoms with E-state index in [4.69, 9.17) is 4.52 Å². The molecule has 1 aliphatic rings. The van der Waals surface area contributed by atoms with Crippen LogP contribution in [-0.4, -0.2) is 47.6 Å². The summed E-state index contributed by atoms with van der Waals surface area (Å²) in [6, 6.07) is 2.18. The van der Waals surface area contributed by atoms with Gasteiger partial charge in [0.25, 0.3) is 0 Å². The Labute approximate surface area is 150 Å². The second kappa shape index (κ2) is 8.87. The van der Waals surface area contributed by atoms with Crippen molar-refractivity contribution in [1.29, 1.82) is 0 Å². The van der Waals surface area contributed by atoms with Crippen LogP contribution in [0.4, 0.5) is 0 Å². The van der Waals surface area contributed by atoms with E-state index >= 15 is 0 Å². The van der Waals surface area contributed by atoms with Crippen molar-refractivity contribution in [2.45, 2.75) is 59.5 Å². The molecule has 1 aromatic rings. The van der Waals surface area contributed by atoms with E-state index in [2.05, 4.69) is 34.6 Å². The van der Waals surface area contributed by atoms with Gasteiger partial charge in [0.1, 0.15) is 6.54 Å². The fourth-order valence-corrected chi connectivity index (χ4v) is 2.79. The van der Waals surface area contributed by atoms with Crippen molar-refractivity contribution in [3.63, 3.8) is 0 Å². The average Bonchev–Trinajstić information content (AvgIpc) is 3.21. The zero-order valence-corrected chi connectivity index (χ0v) is 16.0. The summed E-state index contributed by atoms with van der Waals surface area (Å²) >= 11 is 0. The number of hydrogen-bond acceptors (Lipinski definition) is 4. The molecule has 1 fully saturated rings. The molecule has 140 valence electrons. The minimum Gasteiger partial charge on any atom is -0.359 e. The van der Waals surface area contributed by atoms with Gasteiger partial charge in [-0.05, 0) is 19.3 Å². The molecule has 0 spiro atoms. The van der Waals surface area contributed by atoms with E-state index in [0.717, 1.165) is 43.5 Å². The number of carbonyl (C=O) groups excluding carboxylic acids is 1. The second-order valence-electron chi connectivity index (χ2n) is 7.14. The number of aliphatic imine (C=N–C) groups is 1. The molecule has 7 heteroatoms. The molecule has 1 amide bonds. The molecule has 0 radical (unpaired) electrons. The Morgan fingerprint density at radius 1 is 1.44 bits per heavy atom. The van der Waals surface area contributed by atoms with Crippen molar-refractivity contribution in [2.75, 3.05) is 19.6 Å². The fraction of sp³-hybridized carbons (Fsp3) is 0.722. The van der Waals surface area contributed by atoms with Gasteiger partial charge >= 0.3 is 0 Å². The highest BCUT2D eigenvalue weighted by Crippen LogP contribution is 2.15. The zero-order chi connectivity index (χ0) is 18.4. The smallest absolute Gasteiger partial charge is 0.225 e. The third kappa shape index (κ3) is 5.47. The van der Waals surface area contributed by atoms with E-state index < -0.39 is 0 Å². The van der Waals surface area contributed by atoms with Crippen molar-refractivity contribution in [3.05, 3.63) is 17.5 Å². The molecule has 2 heterocycles. The highest BCUT2D eigenvalue weighted by molar-refractivity contribution is 5.81. The lowest BCUT2D eigenvalue weighted by atomic mass is 10.1. The van der Waals surface area contributed by atoms with Crippen LogP contribution in [0, 0.1) is 5.92 Å². The Balaban J connectivity index is 1.92. The first-order valence-corrected chi connectivity index (χ1v) is 9.19. The molecule has 0 bridgehead atoms. The lowest BCUT2D eigenvalue weighted by Gasteiger charge is -2.20. The number of aromatic nitrogens is 1. The highest BCUT2D eigenvalue weighted by atomic mass is 16.5. The number of nitrogens with one attached hydrogen (secondary N) is 2. The molecular weight excluding hydrogens is 318 g/mol. The number of carbonyl (C=O) groups is 1. The quantitative estimate of drug-likeness (QED) is 0.607. The molecule has 0 aliphatic carbocycles. The molecule has 1 unspecified atom stereocenters. The first-order chi connectivity index (χ1) is 11.9. The second-order valence-corrected chi connectivity index (χ2v) is 7.14. The number of hydrogen-bond donors (Lipinski definition) is 2. The number of rotatable bonds is 6. The molecule has 2 N–H and O–H groups in total. The minimum absolute atomic E-state index is 0.0438. The van der Waals surface area contributed by atoms with Crippen LogP contribution in [0.3, 0.4) is 0 Å². The number of guanidine groups is 1. The molecule has 0 saturated carbocycles. The van der Waals surface area contributed by atoms with E-state index in [1.54, 1.807) is 0 Å². The van der Waals surface area contributed by atoms with Gasteiger partial charge in [-0.3, -0.25) is 4.79 Å².